The van der Waals surface area contributed by atoms with Gasteiger partial charge in [0.1, 0.15) is 30.7 Å². The maximum atomic E-state index is 13.9. The quantitative estimate of drug-likeness (QED) is 0.257. The van der Waals surface area contributed by atoms with Crippen LogP contribution < -0.4 is 11.0 Å². The summed E-state index contributed by atoms with van der Waals surface area (Å²) in [4.78, 5) is 8.72. The topological polar surface area (TPSA) is 130 Å². The summed E-state index contributed by atoms with van der Waals surface area (Å²) in [6, 6.07) is 6.00. The van der Waals surface area contributed by atoms with Crippen LogP contribution in [-0.2, 0) is 9.47 Å². The first-order chi connectivity index (χ1) is 18.9. The van der Waals surface area contributed by atoms with E-state index in [0.29, 0.717) is 11.5 Å². The molecule has 4 heterocycles. The molecule has 0 spiro atoms. The Labute approximate surface area is 223 Å². The number of aliphatic hydroxyl groups is 2. The van der Waals surface area contributed by atoms with Gasteiger partial charge in [-0.05, 0) is 35.9 Å². The number of nitrogens with zero attached hydrogens (tertiary/aromatic N) is 5. The highest BCUT2D eigenvalue weighted by atomic mass is 32.1. The average molecular weight is 564 g/mol. The molecule has 0 amide bonds. The lowest BCUT2D eigenvalue weighted by molar-refractivity contribution is -0.229. The maximum Gasteiger partial charge on any atom is 0.194 e. The van der Waals surface area contributed by atoms with Crippen molar-refractivity contribution in [3.8, 4) is 5.69 Å². The number of nitrogens with one attached hydrogen (secondary N) is 2. The van der Waals surface area contributed by atoms with Crippen LogP contribution in [0.5, 0.6) is 0 Å². The Balaban J connectivity index is 1.32. The normalized spacial score (nSPS) is 27.9. The van der Waals surface area contributed by atoms with Crippen LogP contribution >= 0.6 is 11.3 Å². The van der Waals surface area contributed by atoms with E-state index in [4.69, 9.17) is 9.47 Å². The first-order valence-electron chi connectivity index (χ1n) is 12.0. The molecule has 2 aliphatic rings. The number of ether oxygens (including phenoxy) is 2. The van der Waals surface area contributed by atoms with Gasteiger partial charge in [0.2, 0.25) is 0 Å². The molecular formula is C24H24F3N7O4S. The molecule has 2 aromatic carbocycles. The second-order valence-corrected chi connectivity index (χ2v) is 10.1. The minimum Gasteiger partial charge on any atom is -0.394 e. The molecular weight excluding hydrogens is 539 g/mol. The van der Waals surface area contributed by atoms with Crippen molar-refractivity contribution in [2.45, 2.75) is 36.5 Å². The Hall–Kier alpha value is -3.02. The van der Waals surface area contributed by atoms with Crippen LogP contribution in [0, 0.1) is 17.5 Å². The molecule has 2 aliphatic heterocycles. The molecule has 4 N–H and O–H groups in total. The Kier molecular flexibility index (Phi) is 7.07. The van der Waals surface area contributed by atoms with Gasteiger partial charge in [0.25, 0.3) is 0 Å². The Morgan fingerprint density at radius 3 is 2.72 bits per heavy atom. The van der Waals surface area contributed by atoms with Crippen molar-refractivity contribution in [1.82, 2.24) is 35.7 Å². The molecule has 6 rings (SSSR count). The number of rotatable bonds is 6. The van der Waals surface area contributed by atoms with E-state index in [1.54, 1.807) is 15.2 Å². The largest absolute Gasteiger partial charge is 0.394 e. The van der Waals surface area contributed by atoms with Crippen molar-refractivity contribution in [3.05, 3.63) is 71.0 Å². The fourth-order valence-electron chi connectivity index (χ4n) is 5.15. The lowest BCUT2D eigenvalue weighted by Crippen LogP contribution is -2.64. The third-order valence-electron chi connectivity index (χ3n) is 7.06. The molecule has 0 radical (unpaired) electrons. The minimum atomic E-state index is -1.55. The van der Waals surface area contributed by atoms with E-state index >= 15 is 0 Å². The number of aromatic nitrogens is 4. The first kappa shape index (κ1) is 26.2. The molecule has 2 aromatic heterocycles. The predicted molar refractivity (Wildman–Crippen MR) is 132 cm³/mol. The Bertz CT molecular complexity index is 1470. The van der Waals surface area contributed by atoms with Crippen LogP contribution in [0.4, 0.5) is 13.2 Å². The summed E-state index contributed by atoms with van der Waals surface area (Å²) in [5.74, 6) is -3.77. The molecule has 0 aliphatic carbocycles. The molecule has 4 unspecified atom stereocenters. The van der Waals surface area contributed by atoms with Crippen molar-refractivity contribution in [1.29, 1.82) is 0 Å². The van der Waals surface area contributed by atoms with Gasteiger partial charge in [-0.3, -0.25) is 0 Å². The van der Waals surface area contributed by atoms with Gasteiger partial charge in [0, 0.05) is 13.7 Å². The second-order valence-electron chi connectivity index (χ2n) is 9.25. The molecule has 4 aromatic rings. The number of hydrazine groups is 2. The van der Waals surface area contributed by atoms with Crippen LogP contribution in [0.2, 0.25) is 0 Å². The molecule has 0 bridgehead atoms. The third-order valence-corrected chi connectivity index (χ3v) is 7.85. The van der Waals surface area contributed by atoms with Crippen molar-refractivity contribution in [2.75, 3.05) is 20.3 Å². The van der Waals surface area contributed by atoms with Crippen molar-refractivity contribution >= 4 is 21.6 Å². The third kappa shape index (κ3) is 4.60. The van der Waals surface area contributed by atoms with Gasteiger partial charge in [0.05, 0.1) is 40.1 Å². The monoisotopic (exact) mass is 563 g/mol. The van der Waals surface area contributed by atoms with E-state index in [0.717, 1.165) is 22.3 Å². The summed E-state index contributed by atoms with van der Waals surface area (Å²) in [5.41, 5.74) is 9.30. The zero-order valence-corrected chi connectivity index (χ0v) is 21.2. The summed E-state index contributed by atoms with van der Waals surface area (Å²) < 4.78 is 55.7. The fraction of sp³-hybridized carbons (Fsp3) is 0.375. The molecule has 206 valence electrons. The maximum absolute atomic E-state index is 13.9. The van der Waals surface area contributed by atoms with E-state index in [-0.39, 0.29) is 12.1 Å². The molecule has 2 fully saturated rings. The van der Waals surface area contributed by atoms with Crippen molar-refractivity contribution < 1.29 is 32.9 Å². The fourth-order valence-corrected chi connectivity index (χ4v) is 5.86. The SMILES string of the molecule is CO[C@@H]1C(N2CC(c3cc(F)c(F)c(F)c3)NN2)C(O)C(CO)O[C@H]1c1ncnn1-c1ccc2ncsc2c1. The minimum absolute atomic E-state index is 0.117. The number of thiazole rings is 1. The number of aliphatic hydroxyl groups excluding tert-OH is 2. The van der Waals surface area contributed by atoms with E-state index in [1.165, 1.54) is 24.8 Å². The first-order valence-corrected chi connectivity index (χ1v) is 12.9. The van der Waals surface area contributed by atoms with Crippen LogP contribution in [-0.4, -0.2) is 79.6 Å². The number of fused-ring (bicyclic) bond motifs is 1. The van der Waals surface area contributed by atoms with Crippen LogP contribution in [0.1, 0.15) is 23.5 Å². The smallest absolute Gasteiger partial charge is 0.194 e. The number of benzene rings is 2. The summed E-state index contributed by atoms with van der Waals surface area (Å²) in [7, 11) is 1.45. The highest BCUT2D eigenvalue weighted by Gasteiger charge is 2.51. The standard InChI is InChI=1S/C24H24F3N7O4S/c1-37-22-20(33-7-16(31-32-33)11-4-13(25)19(27)14(26)5-11)21(36)17(8-35)38-23(22)24-28-9-30-34(24)12-2-3-15-18(6-12)39-10-29-15/h2-6,9-10,16-17,20-23,31-32,35-36H,7-8H2,1H3/t16?,17?,20?,21?,22-,23-/m1/s1. The number of hydrogen-bond donors (Lipinski definition) is 4. The second kappa shape index (κ2) is 10.5. The van der Waals surface area contributed by atoms with Gasteiger partial charge >= 0.3 is 0 Å². The number of hydrogen-bond acceptors (Lipinski definition) is 11. The zero-order valence-electron chi connectivity index (χ0n) is 20.4. The van der Waals surface area contributed by atoms with Crippen LogP contribution in [0.15, 0.2) is 42.2 Å². The van der Waals surface area contributed by atoms with Crippen LogP contribution in [0.25, 0.3) is 15.9 Å². The van der Waals surface area contributed by atoms with Gasteiger partial charge in [-0.15, -0.1) is 11.3 Å². The van der Waals surface area contributed by atoms with E-state index in [1.807, 2.05) is 18.2 Å². The highest BCUT2D eigenvalue weighted by Crippen LogP contribution is 2.37. The summed E-state index contributed by atoms with van der Waals surface area (Å²) in [6.07, 6.45) is -2.56. The molecule has 15 heteroatoms. The van der Waals surface area contributed by atoms with Gasteiger partial charge in [-0.2, -0.15) is 10.6 Å². The Morgan fingerprint density at radius 1 is 1.18 bits per heavy atom. The zero-order chi connectivity index (χ0) is 27.3. The van der Waals surface area contributed by atoms with Gasteiger partial charge in [-0.25, -0.2) is 38.3 Å². The lowest BCUT2D eigenvalue weighted by Gasteiger charge is -2.46. The Morgan fingerprint density at radius 2 is 1.97 bits per heavy atom. The van der Waals surface area contributed by atoms with E-state index < -0.39 is 60.6 Å². The van der Waals surface area contributed by atoms with Crippen molar-refractivity contribution in [2.24, 2.45) is 0 Å². The summed E-state index contributed by atoms with van der Waals surface area (Å²) in [5, 5.41) is 27.2. The van der Waals surface area contributed by atoms with Gasteiger partial charge < -0.3 is 19.7 Å². The summed E-state index contributed by atoms with van der Waals surface area (Å²) in [6.45, 7) is -0.379. The highest BCUT2D eigenvalue weighted by molar-refractivity contribution is 7.16. The van der Waals surface area contributed by atoms with Crippen LogP contribution in [0.3, 0.4) is 0 Å². The molecule has 2 saturated heterocycles. The number of halogens is 3. The summed E-state index contributed by atoms with van der Waals surface area (Å²) >= 11 is 1.48. The molecule has 0 saturated carbocycles. The van der Waals surface area contributed by atoms with Gasteiger partial charge in [0.15, 0.2) is 23.3 Å². The van der Waals surface area contributed by atoms with Gasteiger partial charge in [-0.1, -0.05) is 0 Å². The van der Waals surface area contributed by atoms with E-state index in [9.17, 15) is 23.4 Å². The van der Waals surface area contributed by atoms with E-state index in [2.05, 4.69) is 26.0 Å². The lowest BCUT2D eigenvalue weighted by atomic mass is 9.91. The average Bonchev–Trinajstić information content (AvgIpc) is 3.71. The molecule has 6 atom stereocenters. The molecule has 11 nitrogen and oxygen atoms in total. The molecule has 39 heavy (non-hydrogen) atoms. The number of methoxy groups -OCH3 is 1. The van der Waals surface area contributed by atoms with Crippen molar-refractivity contribution in [3.63, 3.8) is 0 Å². The predicted octanol–water partition coefficient (Wildman–Crippen LogP) is 1.54.